The van der Waals surface area contributed by atoms with Gasteiger partial charge in [0.2, 0.25) is 5.91 Å². The number of hydrogen-bond acceptors (Lipinski definition) is 3. The number of hydrogen-bond donors (Lipinski definition) is 1. The molecule has 4 heteroatoms. The summed E-state index contributed by atoms with van der Waals surface area (Å²) in [5.74, 6) is 0.541. The molecule has 4 nitrogen and oxygen atoms in total. The Morgan fingerprint density at radius 3 is 2.57 bits per heavy atom. The first kappa shape index (κ1) is 9.65. The van der Waals surface area contributed by atoms with E-state index >= 15 is 0 Å². The van der Waals surface area contributed by atoms with Gasteiger partial charge in [-0.1, -0.05) is 0 Å². The summed E-state index contributed by atoms with van der Waals surface area (Å²) in [5, 5.41) is 3.05. The fraction of sp³-hybridized carbons (Fsp3) is 0.800. The van der Waals surface area contributed by atoms with Gasteiger partial charge in [-0.15, -0.1) is 0 Å². The molecule has 14 heavy (non-hydrogen) atoms. The van der Waals surface area contributed by atoms with Crippen molar-refractivity contribution >= 4 is 11.7 Å². The largest absolute Gasteiger partial charge is 0.337 e. The molecule has 0 bridgehead atoms. The molecule has 1 amide bonds. The van der Waals surface area contributed by atoms with E-state index in [1.807, 2.05) is 4.90 Å². The molecule has 1 heterocycles. The van der Waals surface area contributed by atoms with Gasteiger partial charge < -0.3 is 10.2 Å². The lowest BCUT2D eigenvalue weighted by Crippen LogP contribution is -2.53. The molecular weight excluding hydrogens is 180 g/mol. The van der Waals surface area contributed by atoms with Crippen molar-refractivity contribution in [2.45, 2.75) is 31.7 Å². The molecule has 2 fully saturated rings. The topological polar surface area (TPSA) is 49.4 Å². The van der Waals surface area contributed by atoms with E-state index in [9.17, 15) is 9.59 Å². The third-order valence-electron chi connectivity index (χ3n) is 3.08. The molecule has 0 aromatic heterocycles. The lowest BCUT2D eigenvalue weighted by atomic mass is 9.93. The predicted octanol–water partition coefficient (Wildman–Crippen LogP) is -0.0701. The molecule has 0 atom stereocenters. The van der Waals surface area contributed by atoms with Crippen molar-refractivity contribution in [1.82, 2.24) is 10.2 Å². The first-order valence-corrected chi connectivity index (χ1v) is 5.29. The standard InChI is InChI=1S/C10H16N2O2/c13-9-3-1-8(2-4-9)12-6-5-11-7-10(12)14/h8,11H,1-7H2. The molecule has 2 aliphatic rings. The van der Waals surface area contributed by atoms with Crippen molar-refractivity contribution in [3.05, 3.63) is 0 Å². The van der Waals surface area contributed by atoms with Gasteiger partial charge in [0.05, 0.1) is 6.54 Å². The summed E-state index contributed by atoms with van der Waals surface area (Å²) < 4.78 is 0. The van der Waals surface area contributed by atoms with E-state index in [-0.39, 0.29) is 5.91 Å². The van der Waals surface area contributed by atoms with E-state index in [0.29, 0.717) is 31.2 Å². The molecule has 1 aliphatic carbocycles. The number of carbonyl (C=O) groups is 2. The first-order valence-electron chi connectivity index (χ1n) is 5.29. The number of carbonyl (C=O) groups excluding carboxylic acids is 2. The number of nitrogens with one attached hydrogen (secondary N) is 1. The highest BCUT2D eigenvalue weighted by Crippen LogP contribution is 2.20. The van der Waals surface area contributed by atoms with Crippen LogP contribution in [0.2, 0.25) is 0 Å². The Morgan fingerprint density at radius 1 is 1.21 bits per heavy atom. The summed E-state index contributed by atoms with van der Waals surface area (Å²) >= 11 is 0. The summed E-state index contributed by atoms with van der Waals surface area (Å²) in [6.45, 7) is 2.15. The summed E-state index contributed by atoms with van der Waals surface area (Å²) in [7, 11) is 0. The van der Waals surface area contributed by atoms with Crippen LogP contribution in [-0.2, 0) is 9.59 Å². The van der Waals surface area contributed by atoms with Gasteiger partial charge in [-0.25, -0.2) is 0 Å². The Labute approximate surface area is 83.6 Å². The number of nitrogens with zero attached hydrogens (tertiary/aromatic N) is 1. The quantitative estimate of drug-likeness (QED) is 0.638. The van der Waals surface area contributed by atoms with E-state index in [2.05, 4.69) is 5.32 Å². The van der Waals surface area contributed by atoms with E-state index < -0.39 is 0 Å². The molecule has 1 aliphatic heterocycles. The number of Topliss-reactive ketones (excluding diaryl/α,β-unsaturated/α-hetero) is 1. The molecule has 78 valence electrons. The Hall–Kier alpha value is -0.900. The zero-order valence-corrected chi connectivity index (χ0v) is 8.29. The van der Waals surface area contributed by atoms with Crippen molar-refractivity contribution in [1.29, 1.82) is 0 Å². The second-order valence-electron chi connectivity index (χ2n) is 4.03. The third-order valence-corrected chi connectivity index (χ3v) is 3.08. The molecule has 0 aromatic carbocycles. The summed E-state index contributed by atoms with van der Waals surface area (Å²) in [6, 6.07) is 0.322. The number of amides is 1. The summed E-state index contributed by atoms with van der Waals surface area (Å²) in [5.41, 5.74) is 0. The molecule has 0 radical (unpaired) electrons. The highest BCUT2D eigenvalue weighted by Gasteiger charge is 2.28. The van der Waals surface area contributed by atoms with Gasteiger partial charge in [-0.2, -0.15) is 0 Å². The van der Waals surface area contributed by atoms with Crippen LogP contribution in [0.25, 0.3) is 0 Å². The summed E-state index contributed by atoms with van der Waals surface area (Å²) in [4.78, 5) is 24.6. The zero-order valence-electron chi connectivity index (χ0n) is 8.29. The lowest BCUT2D eigenvalue weighted by Gasteiger charge is -2.36. The normalized spacial score (nSPS) is 25.6. The van der Waals surface area contributed by atoms with Gasteiger partial charge in [0, 0.05) is 32.0 Å². The molecule has 0 unspecified atom stereocenters. The van der Waals surface area contributed by atoms with E-state index in [4.69, 9.17) is 0 Å². The maximum absolute atomic E-state index is 11.6. The van der Waals surface area contributed by atoms with Crippen molar-refractivity contribution in [3.8, 4) is 0 Å². The molecule has 0 spiro atoms. The van der Waals surface area contributed by atoms with Crippen molar-refractivity contribution in [2.75, 3.05) is 19.6 Å². The number of piperazine rings is 1. The van der Waals surface area contributed by atoms with E-state index in [1.54, 1.807) is 0 Å². The van der Waals surface area contributed by atoms with E-state index in [1.165, 1.54) is 0 Å². The van der Waals surface area contributed by atoms with Crippen LogP contribution < -0.4 is 5.32 Å². The molecule has 2 rings (SSSR count). The minimum atomic E-state index is 0.190. The molecule has 1 saturated heterocycles. The first-order chi connectivity index (χ1) is 6.77. The van der Waals surface area contributed by atoms with Crippen LogP contribution in [0.15, 0.2) is 0 Å². The van der Waals surface area contributed by atoms with Crippen molar-refractivity contribution in [2.24, 2.45) is 0 Å². The second-order valence-corrected chi connectivity index (χ2v) is 4.03. The SMILES string of the molecule is O=C1CCC(N2CCNCC2=O)CC1. The zero-order chi connectivity index (χ0) is 9.97. The Kier molecular flexibility index (Phi) is 2.82. The fourth-order valence-corrected chi connectivity index (χ4v) is 2.24. The average Bonchev–Trinajstić information content (AvgIpc) is 2.20. The van der Waals surface area contributed by atoms with Crippen LogP contribution in [0.5, 0.6) is 0 Å². The van der Waals surface area contributed by atoms with E-state index in [0.717, 1.165) is 25.9 Å². The second kappa shape index (κ2) is 4.09. The minimum absolute atomic E-state index is 0.190. The average molecular weight is 196 g/mol. The highest BCUT2D eigenvalue weighted by molar-refractivity contribution is 5.81. The molecule has 1 saturated carbocycles. The van der Waals surface area contributed by atoms with Gasteiger partial charge in [-0.3, -0.25) is 9.59 Å². The van der Waals surface area contributed by atoms with Gasteiger partial charge in [0.25, 0.3) is 0 Å². The van der Waals surface area contributed by atoms with Crippen LogP contribution >= 0.6 is 0 Å². The minimum Gasteiger partial charge on any atom is -0.337 e. The Balaban J connectivity index is 1.93. The van der Waals surface area contributed by atoms with Crippen LogP contribution in [-0.4, -0.2) is 42.3 Å². The lowest BCUT2D eigenvalue weighted by molar-refractivity contribution is -0.136. The van der Waals surface area contributed by atoms with Crippen molar-refractivity contribution < 1.29 is 9.59 Å². The van der Waals surface area contributed by atoms with Crippen LogP contribution in [0.3, 0.4) is 0 Å². The predicted molar refractivity (Wildman–Crippen MR) is 51.8 cm³/mol. The monoisotopic (exact) mass is 196 g/mol. The highest BCUT2D eigenvalue weighted by atomic mass is 16.2. The van der Waals surface area contributed by atoms with Gasteiger partial charge in [0.15, 0.2) is 0 Å². The molecule has 0 aromatic rings. The number of rotatable bonds is 1. The van der Waals surface area contributed by atoms with Gasteiger partial charge >= 0.3 is 0 Å². The molecular formula is C10H16N2O2. The van der Waals surface area contributed by atoms with Gasteiger partial charge in [-0.05, 0) is 12.8 Å². The third kappa shape index (κ3) is 1.95. The maximum Gasteiger partial charge on any atom is 0.236 e. The number of ketones is 1. The van der Waals surface area contributed by atoms with Crippen LogP contribution in [0.1, 0.15) is 25.7 Å². The molecule has 1 N–H and O–H groups in total. The Morgan fingerprint density at radius 2 is 1.93 bits per heavy atom. The maximum atomic E-state index is 11.6. The van der Waals surface area contributed by atoms with Gasteiger partial charge in [0.1, 0.15) is 5.78 Å². The Bertz CT molecular complexity index is 243. The smallest absolute Gasteiger partial charge is 0.236 e. The van der Waals surface area contributed by atoms with Crippen molar-refractivity contribution in [3.63, 3.8) is 0 Å². The fourth-order valence-electron chi connectivity index (χ4n) is 2.24. The van der Waals surface area contributed by atoms with Crippen LogP contribution in [0.4, 0.5) is 0 Å². The summed E-state index contributed by atoms with van der Waals surface area (Å²) in [6.07, 6.45) is 3.04. The van der Waals surface area contributed by atoms with Crippen LogP contribution in [0, 0.1) is 0 Å².